The zero-order valence-corrected chi connectivity index (χ0v) is 16.1. The van der Waals surface area contributed by atoms with Gasteiger partial charge in [-0.25, -0.2) is 8.42 Å². The van der Waals surface area contributed by atoms with Gasteiger partial charge in [-0.15, -0.1) is 0 Å². The minimum Gasteiger partial charge on any atom is -0.491 e. The number of aryl methyl sites for hydroxylation is 1. The molecule has 1 unspecified atom stereocenters. The highest BCUT2D eigenvalue weighted by molar-refractivity contribution is 7.89. The Labute approximate surface area is 150 Å². The van der Waals surface area contributed by atoms with Crippen molar-refractivity contribution >= 4 is 16.0 Å². The molecule has 1 aliphatic rings. The Hall–Kier alpha value is -1.60. The molecule has 0 amide bonds. The number of rotatable bonds is 6. The number of sulfonamides is 1. The lowest BCUT2D eigenvalue weighted by Crippen LogP contribution is -2.42. The minimum atomic E-state index is -3.64. The number of benzene rings is 1. The predicted octanol–water partition coefficient (Wildman–Crippen LogP) is 2.75. The molecule has 1 aromatic rings. The summed E-state index contributed by atoms with van der Waals surface area (Å²) in [6, 6.07) is 4.88. The number of ether oxygens (including phenoxy) is 2. The monoisotopic (exact) mass is 369 g/mol. The van der Waals surface area contributed by atoms with Gasteiger partial charge in [0.1, 0.15) is 5.75 Å². The van der Waals surface area contributed by atoms with Gasteiger partial charge in [0.15, 0.2) is 0 Å². The first-order valence-electron chi connectivity index (χ1n) is 8.69. The molecule has 0 saturated carbocycles. The lowest BCUT2D eigenvalue weighted by molar-refractivity contribution is -0.149. The van der Waals surface area contributed by atoms with Crippen LogP contribution in [-0.2, 0) is 19.6 Å². The van der Waals surface area contributed by atoms with Crippen LogP contribution in [0.4, 0.5) is 0 Å². The molecule has 25 heavy (non-hydrogen) atoms. The lowest BCUT2D eigenvalue weighted by Gasteiger charge is -2.30. The smallest absolute Gasteiger partial charge is 0.310 e. The van der Waals surface area contributed by atoms with Crippen LogP contribution in [-0.4, -0.2) is 44.5 Å². The van der Waals surface area contributed by atoms with Crippen molar-refractivity contribution in [2.24, 2.45) is 5.92 Å². The van der Waals surface area contributed by atoms with Crippen molar-refractivity contribution in [3.8, 4) is 5.75 Å². The molecular formula is C18H27NO5S. The topological polar surface area (TPSA) is 72.9 Å². The number of nitrogens with zero attached hydrogens (tertiary/aromatic N) is 1. The maximum atomic E-state index is 12.9. The second-order valence-electron chi connectivity index (χ2n) is 6.55. The molecule has 7 heteroatoms. The van der Waals surface area contributed by atoms with Crippen LogP contribution in [0.25, 0.3) is 0 Å². The van der Waals surface area contributed by atoms with E-state index in [0.29, 0.717) is 31.7 Å². The maximum Gasteiger partial charge on any atom is 0.310 e. The summed E-state index contributed by atoms with van der Waals surface area (Å²) in [4.78, 5) is 12.2. The lowest BCUT2D eigenvalue weighted by atomic mass is 10.0. The number of hydrogen-bond donors (Lipinski definition) is 0. The second kappa shape index (κ2) is 8.19. The first-order valence-corrected chi connectivity index (χ1v) is 10.1. The van der Waals surface area contributed by atoms with E-state index in [1.54, 1.807) is 25.1 Å². The Morgan fingerprint density at radius 3 is 2.68 bits per heavy atom. The van der Waals surface area contributed by atoms with Crippen LogP contribution in [0.1, 0.15) is 39.2 Å². The Morgan fingerprint density at radius 1 is 1.36 bits per heavy atom. The number of carbonyl (C=O) groups is 1. The van der Waals surface area contributed by atoms with Crippen LogP contribution in [0.2, 0.25) is 0 Å². The molecule has 0 bridgehead atoms. The standard InChI is InChI=1S/C18H27NO5S/c1-5-23-18(20)15-7-6-10-19(12-15)25(21,22)16-8-9-17(14(4)11-16)24-13(2)3/h8-9,11,13,15H,5-7,10,12H2,1-4H3. The van der Waals surface area contributed by atoms with Crippen LogP contribution < -0.4 is 4.74 Å². The van der Waals surface area contributed by atoms with Crippen LogP contribution in [0.3, 0.4) is 0 Å². The molecule has 0 aliphatic carbocycles. The number of esters is 1. The van der Waals surface area contributed by atoms with Crippen molar-refractivity contribution in [2.45, 2.75) is 51.5 Å². The fourth-order valence-electron chi connectivity index (χ4n) is 2.93. The summed E-state index contributed by atoms with van der Waals surface area (Å²) in [5, 5.41) is 0. The highest BCUT2D eigenvalue weighted by Crippen LogP contribution is 2.28. The van der Waals surface area contributed by atoms with E-state index in [-0.39, 0.29) is 23.5 Å². The maximum absolute atomic E-state index is 12.9. The van der Waals surface area contributed by atoms with Crippen LogP contribution in [0, 0.1) is 12.8 Å². The summed E-state index contributed by atoms with van der Waals surface area (Å²) >= 11 is 0. The molecule has 140 valence electrons. The third kappa shape index (κ3) is 4.73. The normalized spacial score (nSPS) is 19.0. The molecule has 0 radical (unpaired) electrons. The SMILES string of the molecule is CCOC(=O)C1CCCN(S(=O)(=O)c2ccc(OC(C)C)c(C)c2)C1. The van der Waals surface area contributed by atoms with Gasteiger partial charge < -0.3 is 9.47 Å². The van der Waals surface area contributed by atoms with Crippen LogP contribution >= 0.6 is 0 Å². The molecule has 2 rings (SSSR count). The van der Waals surface area contributed by atoms with Crippen molar-refractivity contribution in [1.29, 1.82) is 0 Å². The Morgan fingerprint density at radius 2 is 2.08 bits per heavy atom. The molecule has 1 heterocycles. The Bertz CT molecular complexity index is 714. The van der Waals surface area contributed by atoms with Crippen LogP contribution in [0.15, 0.2) is 23.1 Å². The van der Waals surface area contributed by atoms with Gasteiger partial charge in [-0.1, -0.05) is 0 Å². The summed E-state index contributed by atoms with van der Waals surface area (Å²) in [6.45, 7) is 8.32. The van der Waals surface area contributed by atoms with E-state index in [1.165, 1.54) is 4.31 Å². The summed E-state index contributed by atoms with van der Waals surface area (Å²) in [7, 11) is -3.64. The quantitative estimate of drug-likeness (QED) is 0.721. The third-order valence-electron chi connectivity index (χ3n) is 4.15. The van der Waals surface area contributed by atoms with E-state index in [1.807, 2.05) is 20.8 Å². The van der Waals surface area contributed by atoms with Crippen molar-refractivity contribution in [2.75, 3.05) is 19.7 Å². The zero-order valence-electron chi connectivity index (χ0n) is 15.3. The fourth-order valence-corrected chi connectivity index (χ4v) is 4.54. The number of hydrogen-bond acceptors (Lipinski definition) is 5. The molecule has 0 N–H and O–H groups in total. The second-order valence-corrected chi connectivity index (χ2v) is 8.49. The summed E-state index contributed by atoms with van der Waals surface area (Å²) in [6.07, 6.45) is 1.33. The Kier molecular flexibility index (Phi) is 6.46. The Balaban J connectivity index is 2.20. The van der Waals surface area contributed by atoms with Gasteiger partial charge in [-0.2, -0.15) is 4.31 Å². The molecule has 1 aliphatic heterocycles. The molecule has 1 saturated heterocycles. The molecule has 6 nitrogen and oxygen atoms in total. The molecule has 1 atom stereocenters. The summed E-state index contributed by atoms with van der Waals surface area (Å²) in [5.74, 6) is -0.0376. The summed E-state index contributed by atoms with van der Waals surface area (Å²) in [5.41, 5.74) is 0.772. The van der Waals surface area contributed by atoms with Crippen molar-refractivity contribution in [3.63, 3.8) is 0 Å². The zero-order chi connectivity index (χ0) is 18.6. The van der Waals surface area contributed by atoms with Gasteiger partial charge in [0.2, 0.25) is 10.0 Å². The van der Waals surface area contributed by atoms with Gasteiger partial charge in [0.05, 0.1) is 23.5 Å². The molecule has 0 aromatic heterocycles. The van der Waals surface area contributed by atoms with Gasteiger partial charge in [0, 0.05) is 13.1 Å². The van der Waals surface area contributed by atoms with Crippen LogP contribution in [0.5, 0.6) is 5.75 Å². The minimum absolute atomic E-state index is 0.0218. The van der Waals surface area contributed by atoms with Crippen molar-refractivity contribution in [1.82, 2.24) is 4.31 Å². The first kappa shape index (κ1) is 19.7. The van der Waals surface area contributed by atoms with E-state index >= 15 is 0 Å². The summed E-state index contributed by atoms with van der Waals surface area (Å²) < 4.78 is 38.0. The molecule has 1 aromatic carbocycles. The first-order chi connectivity index (χ1) is 11.8. The van der Waals surface area contributed by atoms with E-state index in [0.717, 1.165) is 5.56 Å². The van der Waals surface area contributed by atoms with Gasteiger partial charge in [-0.3, -0.25) is 4.79 Å². The fraction of sp³-hybridized carbons (Fsp3) is 0.611. The van der Waals surface area contributed by atoms with E-state index < -0.39 is 15.9 Å². The average molecular weight is 369 g/mol. The predicted molar refractivity (Wildman–Crippen MR) is 95.1 cm³/mol. The highest BCUT2D eigenvalue weighted by atomic mass is 32.2. The van der Waals surface area contributed by atoms with Gasteiger partial charge in [-0.05, 0) is 64.3 Å². The number of carbonyl (C=O) groups excluding carboxylic acids is 1. The van der Waals surface area contributed by atoms with Crippen molar-refractivity contribution < 1.29 is 22.7 Å². The number of piperidine rings is 1. The average Bonchev–Trinajstić information content (AvgIpc) is 2.56. The van der Waals surface area contributed by atoms with E-state index in [2.05, 4.69) is 0 Å². The highest BCUT2D eigenvalue weighted by Gasteiger charge is 2.34. The largest absolute Gasteiger partial charge is 0.491 e. The van der Waals surface area contributed by atoms with Gasteiger partial charge in [0.25, 0.3) is 0 Å². The van der Waals surface area contributed by atoms with E-state index in [9.17, 15) is 13.2 Å². The molecule has 0 spiro atoms. The molecule has 1 fully saturated rings. The van der Waals surface area contributed by atoms with E-state index in [4.69, 9.17) is 9.47 Å². The van der Waals surface area contributed by atoms with Gasteiger partial charge >= 0.3 is 5.97 Å². The third-order valence-corrected chi connectivity index (χ3v) is 6.01. The van der Waals surface area contributed by atoms with Crippen molar-refractivity contribution in [3.05, 3.63) is 23.8 Å². The molecular weight excluding hydrogens is 342 g/mol.